The topological polar surface area (TPSA) is 117 Å². The summed E-state index contributed by atoms with van der Waals surface area (Å²) in [5.41, 5.74) is 8.17. The molecule has 8 nitrogen and oxygen atoms in total. The van der Waals surface area contributed by atoms with E-state index in [0.29, 0.717) is 36.6 Å². The lowest BCUT2D eigenvalue weighted by molar-refractivity contribution is 0.722. The van der Waals surface area contributed by atoms with Crippen LogP contribution in [0.3, 0.4) is 0 Å². The monoisotopic (exact) mass is 436 g/mol. The lowest BCUT2D eigenvalue weighted by Gasteiger charge is -2.10. The van der Waals surface area contributed by atoms with Gasteiger partial charge in [-0.3, -0.25) is 0 Å². The van der Waals surface area contributed by atoms with E-state index in [-0.39, 0.29) is 0 Å². The van der Waals surface area contributed by atoms with Gasteiger partial charge in [-0.2, -0.15) is 10.4 Å². The number of hydrogen-bond donors (Lipinski definition) is 3. The van der Waals surface area contributed by atoms with Crippen molar-refractivity contribution in [3.8, 4) is 11.8 Å². The number of nitrogens with zero attached hydrogens (tertiary/aromatic N) is 5. The third-order valence-corrected chi connectivity index (χ3v) is 5.78. The predicted molar refractivity (Wildman–Crippen MR) is 125 cm³/mol. The third kappa shape index (κ3) is 5.83. The van der Waals surface area contributed by atoms with Gasteiger partial charge < -0.3 is 16.4 Å². The second-order valence-electron chi connectivity index (χ2n) is 6.87. The Hall–Kier alpha value is -3.38. The maximum atomic E-state index is 9.54. The van der Waals surface area contributed by atoms with Crippen molar-refractivity contribution in [2.45, 2.75) is 39.7 Å². The summed E-state index contributed by atoms with van der Waals surface area (Å²) in [6.07, 6.45) is 4.35. The molecule has 31 heavy (non-hydrogen) atoms. The molecule has 0 atom stereocenters. The molecule has 0 unspecified atom stereocenters. The van der Waals surface area contributed by atoms with Gasteiger partial charge in [0.2, 0.25) is 0 Å². The zero-order chi connectivity index (χ0) is 22.1. The van der Waals surface area contributed by atoms with Crippen LogP contribution in [-0.4, -0.2) is 33.8 Å². The third-order valence-electron chi connectivity index (χ3n) is 4.66. The van der Waals surface area contributed by atoms with Crippen LogP contribution in [0.25, 0.3) is 5.69 Å². The maximum absolute atomic E-state index is 9.54. The van der Waals surface area contributed by atoms with Crippen molar-refractivity contribution in [2.75, 3.05) is 18.8 Å². The Balaban J connectivity index is 1.58. The molecule has 2 heterocycles. The Bertz CT molecular complexity index is 1050. The normalized spacial score (nSPS) is 11.3. The van der Waals surface area contributed by atoms with Crippen LogP contribution in [0.2, 0.25) is 0 Å². The van der Waals surface area contributed by atoms with Gasteiger partial charge in [0, 0.05) is 24.2 Å². The highest BCUT2D eigenvalue weighted by molar-refractivity contribution is 7.11. The molecule has 3 aromatic rings. The number of thiazole rings is 1. The van der Waals surface area contributed by atoms with Crippen LogP contribution < -0.4 is 16.4 Å². The summed E-state index contributed by atoms with van der Waals surface area (Å²) < 4.78 is 1.63. The van der Waals surface area contributed by atoms with Gasteiger partial charge in [0.05, 0.1) is 17.9 Å². The molecule has 0 bridgehead atoms. The number of para-hydroxylation sites is 1. The number of hydrogen-bond acceptors (Lipinski definition) is 6. The molecule has 0 fully saturated rings. The van der Waals surface area contributed by atoms with Gasteiger partial charge in [0.15, 0.2) is 5.96 Å². The molecule has 0 saturated carbocycles. The van der Waals surface area contributed by atoms with Gasteiger partial charge in [-0.1, -0.05) is 25.1 Å². The Kier molecular flexibility index (Phi) is 8.01. The molecular weight excluding hydrogens is 408 g/mol. The molecule has 0 radical (unpaired) electrons. The number of guanidine groups is 1. The van der Waals surface area contributed by atoms with Crippen LogP contribution in [0.1, 0.15) is 41.4 Å². The molecule has 9 heteroatoms. The van der Waals surface area contributed by atoms with E-state index in [1.807, 2.05) is 43.5 Å². The fourth-order valence-electron chi connectivity index (χ4n) is 3.08. The largest absolute Gasteiger partial charge is 0.382 e. The Morgan fingerprint density at radius 2 is 2.06 bits per heavy atom. The van der Waals surface area contributed by atoms with Crippen molar-refractivity contribution < 1.29 is 0 Å². The van der Waals surface area contributed by atoms with E-state index in [9.17, 15) is 5.26 Å². The van der Waals surface area contributed by atoms with E-state index in [2.05, 4.69) is 38.7 Å². The van der Waals surface area contributed by atoms with Crippen LogP contribution in [0, 0.1) is 11.3 Å². The van der Waals surface area contributed by atoms with Crippen LogP contribution in [-0.2, 0) is 19.4 Å². The van der Waals surface area contributed by atoms with Crippen LogP contribution in [0.5, 0.6) is 0 Å². The van der Waals surface area contributed by atoms with E-state index in [0.717, 1.165) is 36.0 Å². The highest BCUT2D eigenvalue weighted by Gasteiger charge is 2.16. The zero-order valence-electron chi connectivity index (χ0n) is 17.9. The number of nitrogen functional groups attached to an aromatic ring is 1. The maximum Gasteiger partial charge on any atom is 0.191 e. The molecule has 0 aliphatic heterocycles. The molecule has 0 saturated heterocycles. The average molecular weight is 437 g/mol. The van der Waals surface area contributed by atoms with Gasteiger partial charge in [-0.05, 0) is 38.3 Å². The van der Waals surface area contributed by atoms with Crippen molar-refractivity contribution in [1.82, 2.24) is 25.4 Å². The predicted octanol–water partition coefficient (Wildman–Crippen LogP) is 3.03. The number of aliphatic imine (C=N–C) groups is 1. The molecule has 0 amide bonds. The number of nitrogens with two attached hydrogens (primary N) is 1. The molecular formula is C22H28N8S. The minimum absolute atomic E-state index is 0.376. The Labute approximate surface area is 186 Å². The second-order valence-corrected chi connectivity index (χ2v) is 8.07. The fourth-order valence-corrected chi connectivity index (χ4v) is 3.86. The Morgan fingerprint density at radius 1 is 1.26 bits per heavy atom. The number of rotatable bonds is 9. The first-order valence-electron chi connectivity index (χ1n) is 10.4. The summed E-state index contributed by atoms with van der Waals surface area (Å²) in [5, 5.41) is 21.7. The molecule has 0 spiro atoms. The second kappa shape index (κ2) is 11.1. The smallest absolute Gasteiger partial charge is 0.191 e. The van der Waals surface area contributed by atoms with Crippen LogP contribution in [0.4, 0.5) is 5.82 Å². The number of nitriles is 1. The molecule has 4 N–H and O–H groups in total. The van der Waals surface area contributed by atoms with Gasteiger partial charge in [-0.25, -0.2) is 14.7 Å². The lowest BCUT2D eigenvalue weighted by Crippen LogP contribution is -2.37. The first kappa shape index (κ1) is 22.3. The fraction of sp³-hybridized carbons (Fsp3) is 0.364. The van der Waals surface area contributed by atoms with Gasteiger partial charge in [0.25, 0.3) is 0 Å². The van der Waals surface area contributed by atoms with E-state index in [4.69, 9.17) is 5.73 Å². The SMILES string of the molecule is CCNC(=NCc1ncc(CC)s1)NCCCc1nn(-c2ccccc2)c(N)c1C#N. The summed E-state index contributed by atoms with van der Waals surface area (Å²) in [6.45, 7) is 6.19. The van der Waals surface area contributed by atoms with Crippen molar-refractivity contribution in [3.05, 3.63) is 57.7 Å². The summed E-state index contributed by atoms with van der Waals surface area (Å²) in [4.78, 5) is 10.3. The summed E-state index contributed by atoms with van der Waals surface area (Å²) in [7, 11) is 0. The number of nitrogens with one attached hydrogen (secondary N) is 2. The number of benzene rings is 1. The zero-order valence-corrected chi connectivity index (χ0v) is 18.7. The summed E-state index contributed by atoms with van der Waals surface area (Å²) >= 11 is 1.70. The van der Waals surface area contributed by atoms with Crippen LogP contribution >= 0.6 is 11.3 Å². The standard InChI is InChI=1S/C22H28N8S/c1-3-17-14-27-20(31-17)15-28-22(25-4-2)26-12-8-11-19-18(13-23)21(24)30(29-19)16-9-6-5-7-10-16/h5-7,9-10,14H,3-4,8,11-12,15,24H2,1-2H3,(H2,25,26,28). The van der Waals surface area contributed by atoms with E-state index in [1.54, 1.807) is 16.0 Å². The minimum Gasteiger partial charge on any atom is -0.382 e. The molecule has 1 aromatic carbocycles. The lowest BCUT2D eigenvalue weighted by atomic mass is 10.1. The molecule has 2 aromatic heterocycles. The van der Waals surface area contributed by atoms with Crippen molar-refractivity contribution in [1.29, 1.82) is 5.26 Å². The number of aromatic nitrogens is 3. The molecule has 0 aliphatic rings. The first-order valence-corrected chi connectivity index (χ1v) is 11.3. The van der Waals surface area contributed by atoms with E-state index < -0.39 is 0 Å². The van der Waals surface area contributed by atoms with E-state index >= 15 is 0 Å². The van der Waals surface area contributed by atoms with E-state index in [1.165, 1.54) is 4.88 Å². The summed E-state index contributed by atoms with van der Waals surface area (Å²) in [5.74, 6) is 1.13. The number of anilines is 1. The van der Waals surface area contributed by atoms with Crippen LogP contribution in [0.15, 0.2) is 41.5 Å². The van der Waals surface area contributed by atoms with Crippen molar-refractivity contribution in [2.24, 2.45) is 4.99 Å². The van der Waals surface area contributed by atoms with Crippen molar-refractivity contribution >= 4 is 23.1 Å². The molecule has 3 rings (SSSR count). The quantitative estimate of drug-likeness (QED) is 0.270. The molecule has 162 valence electrons. The minimum atomic E-state index is 0.376. The average Bonchev–Trinajstić information content (AvgIpc) is 3.39. The molecule has 0 aliphatic carbocycles. The van der Waals surface area contributed by atoms with Gasteiger partial charge in [0.1, 0.15) is 22.5 Å². The number of aryl methyl sites for hydroxylation is 2. The highest BCUT2D eigenvalue weighted by Crippen LogP contribution is 2.21. The highest BCUT2D eigenvalue weighted by atomic mass is 32.1. The summed E-state index contributed by atoms with van der Waals surface area (Å²) in [6, 6.07) is 11.8. The van der Waals surface area contributed by atoms with Gasteiger partial charge >= 0.3 is 0 Å². The Morgan fingerprint density at radius 3 is 2.74 bits per heavy atom. The van der Waals surface area contributed by atoms with Gasteiger partial charge in [-0.15, -0.1) is 11.3 Å². The first-order chi connectivity index (χ1) is 15.2. The van der Waals surface area contributed by atoms with Crippen molar-refractivity contribution in [3.63, 3.8) is 0 Å².